The summed E-state index contributed by atoms with van der Waals surface area (Å²) in [5.74, 6) is 0.875. The van der Waals surface area contributed by atoms with Crippen LogP contribution in [0.2, 0.25) is 0 Å². The molecule has 4 nitrogen and oxygen atoms in total. The molecule has 2 aromatic carbocycles. The monoisotopic (exact) mass is 348 g/mol. The van der Waals surface area contributed by atoms with Crippen LogP contribution in [0.3, 0.4) is 0 Å². The molecule has 0 unspecified atom stereocenters. The van der Waals surface area contributed by atoms with Crippen LogP contribution < -0.4 is 5.32 Å². The number of carbonyl (C=O) groups excluding carboxylic acids is 1. The maximum absolute atomic E-state index is 12.5. The van der Waals surface area contributed by atoms with E-state index in [9.17, 15) is 4.79 Å². The highest BCUT2D eigenvalue weighted by molar-refractivity contribution is 6.02. The Morgan fingerprint density at radius 3 is 2.27 bits per heavy atom. The Morgan fingerprint density at radius 1 is 1.00 bits per heavy atom. The van der Waals surface area contributed by atoms with E-state index in [2.05, 4.69) is 56.2 Å². The molecule has 1 amide bonds. The third-order valence-electron chi connectivity index (χ3n) is 4.31. The second-order valence-corrected chi connectivity index (χ2v) is 6.96. The van der Waals surface area contributed by atoms with Crippen molar-refractivity contribution in [2.75, 3.05) is 5.32 Å². The molecule has 0 spiro atoms. The van der Waals surface area contributed by atoms with Crippen molar-refractivity contribution in [1.29, 1.82) is 0 Å². The fourth-order valence-electron chi connectivity index (χ4n) is 2.97. The smallest absolute Gasteiger partial charge is 0.248 e. The second-order valence-electron chi connectivity index (χ2n) is 6.96. The summed E-state index contributed by atoms with van der Waals surface area (Å²) in [5.41, 5.74) is 4.67. The van der Waals surface area contributed by atoms with E-state index in [0.717, 1.165) is 22.3 Å². The van der Waals surface area contributed by atoms with Crippen LogP contribution in [0, 0.1) is 0 Å². The summed E-state index contributed by atoms with van der Waals surface area (Å²) in [6.07, 6.45) is 3.06. The molecule has 0 atom stereocenters. The molecule has 3 rings (SSSR count). The molecule has 0 fully saturated rings. The molecule has 1 aromatic heterocycles. The third kappa shape index (κ3) is 3.85. The fraction of sp³-hybridized carbons (Fsp3) is 0.273. The molecule has 0 bridgehead atoms. The normalized spacial score (nSPS) is 11.8. The second kappa shape index (κ2) is 7.56. The predicted octanol–water partition coefficient (Wildman–Crippen LogP) is 5.73. The van der Waals surface area contributed by atoms with Gasteiger partial charge in [-0.1, -0.05) is 58.0 Å². The van der Waals surface area contributed by atoms with Gasteiger partial charge < -0.3 is 9.73 Å². The molecule has 1 N–H and O–H groups in total. The average molecular weight is 348 g/mol. The first kappa shape index (κ1) is 17.9. The topological polar surface area (TPSA) is 55.1 Å². The molecule has 0 radical (unpaired) electrons. The standard InChI is InChI=1S/C22H24N2O2/c1-14(2)16-8-7-9-17(15(3)4)22(16)24-20(25)12-13-21-23-18-10-5-6-11-19(18)26-21/h5-15H,1-4H3,(H,24,25)/b13-12+. The van der Waals surface area contributed by atoms with Crippen LogP contribution >= 0.6 is 0 Å². The van der Waals surface area contributed by atoms with Crippen LogP contribution in [0.5, 0.6) is 0 Å². The minimum absolute atomic E-state index is 0.192. The van der Waals surface area contributed by atoms with Gasteiger partial charge in [0.1, 0.15) is 5.52 Å². The summed E-state index contributed by atoms with van der Waals surface area (Å²) in [4.78, 5) is 16.8. The molecule has 4 heteroatoms. The van der Waals surface area contributed by atoms with E-state index >= 15 is 0 Å². The van der Waals surface area contributed by atoms with Crippen LogP contribution in [0.25, 0.3) is 17.2 Å². The van der Waals surface area contributed by atoms with Gasteiger partial charge in [0.05, 0.1) is 0 Å². The predicted molar refractivity (Wildman–Crippen MR) is 106 cm³/mol. The minimum Gasteiger partial charge on any atom is -0.437 e. The Kier molecular flexibility index (Phi) is 5.21. The summed E-state index contributed by atoms with van der Waals surface area (Å²) >= 11 is 0. The zero-order chi connectivity index (χ0) is 18.7. The molecule has 1 heterocycles. The van der Waals surface area contributed by atoms with Crippen molar-refractivity contribution in [2.45, 2.75) is 39.5 Å². The number of hydrogen-bond acceptors (Lipinski definition) is 3. The quantitative estimate of drug-likeness (QED) is 0.599. The lowest BCUT2D eigenvalue weighted by Crippen LogP contribution is -2.13. The average Bonchev–Trinajstić information content (AvgIpc) is 3.02. The molecule has 26 heavy (non-hydrogen) atoms. The Bertz CT molecular complexity index is 892. The summed E-state index contributed by atoms with van der Waals surface area (Å²) in [7, 11) is 0. The lowest BCUT2D eigenvalue weighted by molar-refractivity contribution is -0.111. The first-order valence-electron chi connectivity index (χ1n) is 8.93. The SMILES string of the molecule is CC(C)c1cccc(C(C)C)c1NC(=O)/C=C/c1nc2ccccc2o1. The van der Waals surface area contributed by atoms with Crippen molar-refractivity contribution in [1.82, 2.24) is 4.98 Å². The van der Waals surface area contributed by atoms with Gasteiger partial charge in [-0.3, -0.25) is 4.79 Å². The van der Waals surface area contributed by atoms with Crippen molar-refractivity contribution in [3.05, 3.63) is 65.6 Å². The summed E-state index contributed by atoms with van der Waals surface area (Å²) in [5, 5.41) is 3.05. The van der Waals surface area contributed by atoms with Crippen molar-refractivity contribution in [3.8, 4) is 0 Å². The number of carbonyl (C=O) groups is 1. The number of nitrogens with zero attached hydrogens (tertiary/aromatic N) is 1. The lowest BCUT2D eigenvalue weighted by Gasteiger charge is -2.19. The number of nitrogens with one attached hydrogen (secondary N) is 1. The highest BCUT2D eigenvalue weighted by Crippen LogP contribution is 2.32. The number of benzene rings is 2. The van der Waals surface area contributed by atoms with Crippen LogP contribution in [0.15, 0.2) is 53.0 Å². The van der Waals surface area contributed by atoms with Gasteiger partial charge in [0, 0.05) is 17.8 Å². The maximum atomic E-state index is 12.5. The van der Waals surface area contributed by atoms with Crippen LogP contribution in [-0.4, -0.2) is 10.9 Å². The van der Waals surface area contributed by atoms with Gasteiger partial charge in [-0.25, -0.2) is 4.98 Å². The molecule has 0 aliphatic carbocycles. The van der Waals surface area contributed by atoms with E-state index in [4.69, 9.17) is 4.42 Å². The number of aromatic nitrogens is 1. The van der Waals surface area contributed by atoms with E-state index in [-0.39, 0.29) is 5.91 Å². The fourth-order valence-corrected chi connectivity index (χ4v) is 2.97. The summed E-state index contributed by atoms with van der Waals surface area (Å²) < 4.78 is 5.61. The van der Waals surface area contributed by atoms with Crippen LogP contribution in [0.4, 0.5) is 5.69 Å². The highest BCUT2D eigenvalue weighted by atomic mass is 16.3. The van der Waals surface area contributed by atoms with Gasteiger partial charge >= 0.3 is 0 Å². The molecule has 134 valence electrons. The molecule has 0 aliphatic heterocycles. The van der Waals surface area contributed by atoms with Gasteiger partial charge in [-0.05, 0) is 35.1 Å². The molecule has 0 saturated carbocycles. The highest BCUT2D eigenvalue weighted by Gasteiger charge is 2.15. The molecule has 0 saturated heterocycles. The van der Waals surface area contributed by atoms with Crippen molar-refractivity contribution < 1.29 is 9.21 Å². The number of anilines is 1. The Hall–Kier alpha value is -2.88. The van der Waals surface area contributed by atoms with Gasteiger partial charge in [-0.2, -0.15) is 0 Å². The number of rotatable bonds is 5. The first-order valence-corrected chi connectivity index (χ1v) is 8.93. The van der Waals surface area contributed by atoms with Gasteiger partial charge in [0.15, 0.2) is 5.58 Å². The molecular weight excluding hydrogens is 324 g/mol. The number of hydrogen-bond donors (Lipinski definition) is 1. The van der Waals surface area contributed by atoms with E-state index in [1.165, 1.54) is 6.08 Å². The van der Waals surface area contributed by atoms with E-state index in [1.807, 2.05) is 24.3 Å². The maximum Gasteiger partial charge on any atom is 0.248 e. The molecular formula is C22H24N2O2. The Labute approximate surface area is 153 Å². The van der Waals surface area contributed by atoms with Crippen LogP contribution in [-0.2, 0) is 4.79 Å². The minimum atomic E-state index is -0.192. The largest absolute Gasteiger partial charge is 0.437 e. The number of para-hydroxylation sites is 3. The number of fused-ring (bicyclic) bond motifs is 1. The van der Waals surface area contributed by atoms with Gasteiger partial charge in [0.2, 0.25) is 11.8 Å². The first-order chi connectivity index (χ1) is 12.5. The van der Waals surface area contributed by atoms with Crippen LogP contribution in [0.1, 0.15) is 56.5 Å². The zero-order valence-corrected chi connectivity index (χ0v) is 15.6. The molecule has 3 aromatic rings. The van der Waals surface area contributed by atoms with E-state index in [0.29, 0.717) is 23.3 Å². The van der Waals surface area contributed by atoms with Gasteiger partial charge in [-0.15, -0.1) is 0 Å². The van der Waals surface area contributed by atoms with E-state index in [1.54, 1.807) is 6.08 Å². The van der Waals surface area contributed by atoms with Gasteiger partial charge in [0.25, 0.3) is 0 Å². The van der Waals surface area contributed by atoms with Crippen molar-refractivity contribution in [3.63, 3.8) is 0 Å². The Morgan fingerprint density at radius 2 is 1.65 bits per heavy atom. The molecule has 0 aliphatic rings. The number of oxazole rings is 1. The lowest BCUT2D eigenvalue weighted by atomic mass is 9.92. The zero-order valence-electron chi connectivity index (χ0n) is 15.6. The third-order valence-corrected chi connectivity index (χ3v) is 4.31. The summed E-state index contributed by atoms with van der Waals surface area (Å²) in [6.45, 7) is 8.51. The summed E-state index contributed by atoms with van der Waals surface area (Å²) in [6, 6.07) is 13.7. The van der Waals surface area contributed by atoms with Crippen molar-refractivity contribution >= 4 is 28.8 Å². The van der Waals surface area contributed by atoms with E-state index < -0.39 is 0 Å². The number of amides is 1. The van der Waals surface area contributed by atoms with Crippen molar-refractivity contribution in [2.24, 2.45) is 0 Å². The Balaban J connectivity index is 1.83.